The van der Waals surface area contributed by atoms with E-state index in [4.69, 9.17) is 18.9 Å². The molecule has 8 nitrogen and oxygen atoms in total. The second kappa shape index (κ2) is 12.5. The van der Waals surface area contributed by atoms with Gasteiger partial charge in [-0.2, -0.15) is 0 Å². The lowest BCUT2D eigenvalue weighted by Gasteiger charge is -2.27. The van der Waals surface area contributed by atoms with E-state index < -0.39 is 30.0 Å². The van der Waals surface area contributed by atoms with E-state index in [1.165, 1.54) is 6.92 Å². The molecule has 0 spiro atoms. The number of carbonyl (C=O) groups is 3. The Morgan fingerprint density at radius 1 is 1.03 bits per heavy atom. The minimum atomic E-state index is -0.926. The van der Waals surface area contributed by atoms with Crippen molar-refractivity contribution in [3.05, 3.63) is 0 Å². The van der Waals surface area contributed by atoms with E-state index in [9.17, 15) is 19.5 Å². The number of hydrogen-bond acceptors (Lipinski definition) is 8. The van der Waals surface area contributed by atoms with Crippen LogP contribution in [0.15, 0.2) is 0 Å². The molecule has 0 unspecified atom stereocenters. The van der Waals surface area contributed by atoms with E-state index in [0.717, 1.165) is 12.8 Å². The molecule has 0 aromatic carbocycles. The summed E-state index contributed by atoms with van der Waals surface area (Å²) < 4.78 is 22.9. The Morgan fingerprint density at radius 3 is 2.31 bits per heavy atom. The Hall–Kier alpha value is -1.67. The first-order chi connectivity index (χ1) is 15.1. The highest BCUT2D eigenvalue weighted by Gasteiger charge is 2.37. The molecule has 8 heteroatoms. The number of cyclic esters (lactones) is 2. The van der Waals surface area contributed by atoms with Crippen LogP contribution in [0.4, 0.5) is 0 Å². The van der Waals surface area contributed by atoms with Crippen molar-refractivity contribution in [3.63, 3.8) is 0 Å². The maximum absolute atomic E-state index is 12.9. The summed E-state index contributed by atoms with van der Waals surface area (Å²) in [6.07, 6.45) is 1.84. The first-order valence-corrected chi connectivity index (χ1v) is 12.1. The predicted molar refractivity (Wildman–Crippen MR) is 117 cm³/mol. The number of esters is 3. The van der Waals surface area contributed by atoms with E-state index in [1.54, 1.807) is 6.92 Å². The summed E-state index contributed by atoms with van der Waals surface area (Å²) in [7, 11) is 0. The molecule has 2 aliphatic rings. The Kier molecular flexibility index (Phi) is 10.4. The van der Waals surface area contributed by atoms with Gasteiger partial charge < -0.3 is 24.1 Å². The van der Waals surface area contributed by atoms with Crippen molar-refractivity contribution in [1.29, 1.82) is 0 Å². The summed E-state index contributed by atoms with van der Waals surface area (Å²) in [6, 6.07) is 0. The normalized spacial score (nSPS) is 35.8. The minimum Gasteiger partial charge on any atom is -0.462 e. The van der Waals surface area contributed by atoms with Crippen LogP contribution in [0.1, 0.15) is 86.0 Å². The third-order valence-electron chi connectivity index (χ3n) is 6.66. The molecule has 8 atom stereocenters. The Balaban J connectivity index is 2.20. The van der Waals surface area contributed by atoms with Crippen LogP contribution in [0.25, 0.3) is 0 Å². The lowest BCUT2D eigenvalue weighted by atomic mass is 9.95. The standard InChI is InChI=1S/C24H40O8/c1-6-17(29-16(5)25)12-20-8-10-21(26)14(3)23(27)31-18(7-2)13-19-9-11-22(30-19)15(4)24(28)32-20/h14-15,17-22,26H,6-13H2,1-5H3/t14-,15+,17-,18+,19-,20+,21-,22+/m1/s1. The van der Waals surface area contributed by atoms with E-state index in [-0.39, 0.29) is 42.8 Å². The molecule has 0 aromatic heterocycles. The van der Waals surface area contributed by atoms with E-state index in [1.807, 2.05) is 20.8 Å². The van der Waals surface area contributed by atoms with Crippen LogP contribution in [0, 0.1) is 11.8 Å². The number of fused-ring (bicyclic) bond motifs is 2. The average Bonchev–Trinajstić information content (AvgIpc) is 3.22. The number of carbonyl (C=O) groups excluding carboxylic acids is 3. The third kappa shape index (κ3) is 7.73. The van der Waals surface area contributed by atoms with Crippen LogP contribution < -0.4 is 0 Å². The lowest BCUT2D eigenvalue weighted by molar-refractivity contribution is -0.162. The van der Waals surface area contributed by atoms with Gasteiger partial charge in [0, 0.05) is 19.8 Å². The minimum absolute atomic E-state index is 0.0809. The molecule has 1 N–H and O–H groups in total. The summed E-state index contributed by atoms with van der Waals surface area (Å²) >= 11 is 0. The van der Waals surface area contributed by atoms with Crippen molar-refractivity contribution in [2.75, 3.05) is 0 Å². The molecule has 2 bridgehead atoms. The molecule has 0 aliphatic carbocycles. The third-order valence-corrected chi connectivity index (χ3v) is 6.66. The van der Waals surface area contributed by atoms with E-state index in [2.05, 4.69) is 0 Å². The van der Waals surface area contributed by atoms with Gasteiger partial charge in [0.25, 0.3) is 0 Å². The fourth-order valence-corrected chi connectivity index (χ4v) is 4.38. The van der Waals surface area contributed by atoms with Gasteiger partial charge in [-0.25, -0.2) is 0 Å². The van der Waals surface area contributed by atoms with E-state index >= 15 is 0 Å². The number of aliphatic hydroxyl groups is 1. The molecular weight excluding hydrogens is 416 g/mol. The fraction of sp³-hybridized carbons (Fsp3) is 0.875. The summed E-state index contributed by atoms with van der Waals surface area (Å²) in [5.74, 6) is -2.30. The molecular formula is C24H40O8. The molecule has 2 aliphatic heterocycles. The van der Waals surface area contributed by atoms with Gasteiger partial charge in [0.1, 0.15) is 18.3 Å². The molecule has 0 amide bonds. The second-order valence-corrected chi connectivity index (χ2v) is 9.23. The molecule has 0 saturated carbocycles. The summed E-state index contributed by atoms with van der Waals surface area (Å²) in [5, 5.41) is 10.6. The quantitative estimate of drug-likeness (QED) is 0.496. The monoisotopic (exact) mass is 456 g/mol. The van der Waals surface area contributed by atoms with Gasteiger partial charge in [0.15, 0.2) is 0 Å². The second-order valence-electron chi connectivity index (χ2n) is 9.23. The summed E-state index contributed by atoms with van der Waals surface area (Å²) in [4.78, 5) is 36.9. The van der Waals surface area contributed by atoms with Gasteiger partial charge in [-0.15, -0.1) is 0 Å². The molecule has 2 fully saturated rings. The SMILES string of the molecule is CC[C@H](C[C@@H]1CC[C@@H](O)[C@@H](C)C(=O)O[C@@H](CC)C[C@H]2CC[C@H](O2)[C@H](C)C(=O)O1)OC(C)=O. The molecule has 2 rings (SSSR count). The van der Waals surface area contributed by atoms with Gasteiger partial charge in [-0.1, -0.05) is 13.8 Å². The Labute approximate surface area is 191 Å². The van der Waals surface area contributed by atoms with Crippen LogP contribution in [-0.4, -0.2) is 59.6 Å². The van der Waals surface area contributed by atoms with Crippen LogP contribution in [0.5, 0.6) is 0 Å². The number of hydrogen-bond donors (Lipinski definition) is 1. The Bertz CT molecular complexity index is 635. The van der Waals surface area contributed by atoms with Crippen molar-refractivity contribution in [1.82, 2.24) is 0 Å². The maximum atomic E-state index is 12.9. The van der Waals surface area contributed by atoms with Crippen LogP contribution >= 0.6 is 0 Å². The number of rotatable bonds is 5. The molecule has 184 valence electrons. The Morgan fingerprint density at radius 2 is 1.69 bits per heavy atom. The summed E-state index contributed by atoms with van der Waals surface area (Å²) in [6.45, 7) is 8.66. The van der Waals surface area contributed by atoms with Gasteiger partial charge in [-0.05, 0) is 52.4 Å². The highest BCUT2D eigenvalue weighted by Crippen LogP contribution is 2.31. The highest BCUT2D eigenvalue weighted by atomic mass is 16.6. The number of aliphatic hydroxyl groups excluding tert-OH is 1. The molecule has 2 heterocycles. The van der Waals surface area contributed by atoms with Gasteiger partial charge in [-0.3, -0.25) is 14.4 Å². The first kappa shape index (κ1) is 26.6. The fourth-order valence-electron chi connectivity index (χ4n) is 4.38. The largest absolute Gasteiger partial charge is 0.462 e. The maximum Gasteiger partial charge on any atom is 0.311 e. The van der Waals surface area contributed by atoms with Crippen molar-refractivity contribution in [3.8, 4) is 0 Å². The zero-order chi connectivity index (χ0) is 23.8. The smallest absolute Gasteiger partial charge is 0.311 e. The zero-order valence-corrected chi connectivity index (χ0v) is 20.1. The topological polar surface area (TPSA) is 108 Å². The average molecular weight is 457 g/mol. The van der Waals surface area contributed by atoms with Gasteiger partial charge >= 0.3 is 17.9 Å². The van der Waals surface area contributed by atoms with E-state index in [0.29, 0.717) is 32.1 Å². The molecule has 32 heavy (non-hydrogen) atoms. The van der Waals surface area contributed by atoms with Crippen molar-refractivity contribution in [2.45, 2.75) is 123 Å². The lowest BCUT2D eigenvalue weighted by Crippen LogP contribution is -2.34. The van der Waals surface area contributed by atoms with Crippen LogP contribution in [0.3, 0.4) is 0 Å². The highest BCUT2D eigenvalue weighted by molar-refractivity contribution is 5.73. The van der Waals surface area contributed by atoms with Crippen molar-refractivity contribution in [2.24, 2.45) is 11.8 Å². The van der Waals surface area contributed by atoms with Crippen LogP contribution in [0.2, 0.25) is 0 Å². The van der Waals surface area contributed by atoms with Crippen molar-refractivity contribution >= 4 is 17.9 Å². The van der Waals surface area contributed by atoms with Gasteiger partial charge in [0.2, 0.25) is 0 Å². The number of ether oxygens (including phenoxy) is 4. The molecule has 2 saturated heterocycles. The molecule has 0 radical (unpaired) electrons. The zero-order valence-electron chi connectivity index (χ0n) is 20.1. The summed E-state index contributed by atoms with van der Waals surface area (Å²) in [5.41, 5.74) is 0. The molecule has 0 aromatic rings. The van der Waals surface area contributed by atoms with Gasteiger partial charge in [0.05, 0.1) is 30.1 Å². The predicted octanol–water partition coefficient (Wildman–Crippen LogP) is 3.32. The van der Waals surface area contributed by atoms with Crippen molar-refractivity contribution < 1.29 is 38.4 Å². The first-order valence-electron chi connectivity index (χ1n) is 12.1. The van der Waals surface area contributed by atoms with Crippen LogP contribution in [-0.2, 0) is 33.3 Å².